The minimum absolute atomic E-state index is 0.0371. The maximum atomic E-state index is 12.4. The Morgan fingerprint density at radius 2 is 1.71 bits per heavy atom. The van der Waals surface area contributed by atoms with E-state index in [0.29, 0.717) is 10.7 Å². The predicted octanol–water partition coefficient (Wildman–Crippen LogP) is 3.62. The quantitative estimate of drug-likeness (QED) is 0.832. The summed E-state index contributed by atoms with van der Waals surface area (Å²) in [7, 11) is -3.77. The molecule has 0 heterocycles. The van der Waals surface area contributed by atoms with E-state index in [1.165, 1.54) is 12.1 Å². The second kappa shape index (κ2) is 6.23. The van der Waals surface area contributed by atoms with E-state index in [9.17, 15) is 8.42 Å². The van der Waals surface area contributed by atoms with Gasteiger partial charge in [0.1, 0.15) is 4.90 Å². The Balaban J connectivity index is 2.28. The van der Waals surface area contributed by atoms with Gasteiger partial charge in [-0.1, -0.05) is 35.3 Å². The van der Waals surface area contributed by atoms with Crippen LogP contribution in [-0.2, 0) is 10.0 Å². The van der Waals surface area contributed by atoms with Crippen molar-refractivity contribution in [3.8, 4) is 0 Å². The van der Waals surface area contributed by atoms with Crippen molar-refractivity contribution in [1.29, 1.82) is 0 Å². The van der Waals surface area contributed by atoms with Crippen molar-refractivity contribution in [3.05, 3.63) is 58.1 Å². The lowest BCUT2D eigenvalue weighted by Gasteiger charge is -2.15. The summed E-state index contributed by atoms with van der Waals surface area (Å²) in [6.07, 6.45) is 0. The molecule has 0 amide bonds. The Labute approximate surface area is 133 Å². The highest BCUT2D eigenvalue weighted by molar-refractivity contribution is 7.89. The highest BCUT2D eigenvalue weighted by Crippen LogP contribution is 2.25. The molecular weight excluding hydrogens is 331 g/mol. The summed E-state index contributed by atoms with van der Waals surface area (Å²) in [4.78, 5) is -0.0371. The molecule has 1 unspecified atom stereocenters. The molecule has 7 heteroatoms. The van der Waals surface area contributed by atoms with E-state index in [0.717, 1.165) is 5.56 Å². The lowest BCUT2D eigenvalue weighted by molar-refractivity contribution is 0.567. The van der Waals surface area contributed by atoms with Crippen LogP contribution in [0.25, 0.3) is 0 Å². The number of hydrogen-bond acceptors (Lipinski definition) is 3. The zero-order valence-electron chi connectivity index (χ0n) is 11.2. The van der Waals surface area contributed by atoms with Crippen molar-refractivity contribution in [3.63, 3.8) is 0 Å². The number of anilines is 1. The van der Waals surface area contributed by atoms with Gasteiger partial charge in [0.25, 0.3) is 0 Å². The van der Waals surface area contributed by atoms with Crippen LogP contribution in [0.3, 0.4) is 0 Å². The number of benzene rings is 2. The normalized spacial score (nSPS) is 13.1. The van der Waals surface area contributed by atoms with Gasteiger partial charge in [-0.3, -0.25) is 0 Å². The van der Waals surface area contributed by atoms with Crippen LogP contribution < -0.4 is 10.5 Å². The Morgan fingerprint density at radius 1 is 1.10 bits per heavy atom. The van der Waals surface area contributed by atoms with Crippen LogP contribution in [0.4, 0.5) is 5.69 Å². The van der Waals surface area contributed by atoms with Crippen molar-refractivity contribution < 1.29 is 8.42 Å². The highest BCUT2D eigenvalue weighted by atomic mass is 35.5. The Morgan fingerprint density at radius 3 is 2.33 bits per heavy atom. The molecule has 0 aromatic heterocycles. The SMILES string of the molecule is CC(NS(=O)(=O)c1cc(N)ccc1Cl)c1ccc(Cl)cc1. The third-order valence-electron chi connectivity index (χ3n) is 2.95. The molecule has 0 saturated heterocycles. The molecule has 2 aromatic rings. The molecule has 1 atom stereocenters. The van der Waals surface area contributed by atoms with Gasteiger partial charge in [0.2, 0.25) is 10.0 Å². The van der Waals surface area contributed by atoms with E-state index in [4.69, 9.17) is 28.9 Å². The van der Waals surface area contributed by atoms with E-state index >= 15 is 0 Å². The first-order valence-corrected chi connectivity index (χ1v) is 8.36. The topological polar surface area (TPSA) is 72.2 Å². The number of sulfonamides is 1. The second-order valence-corrected chi connectivity index (χ2v) is 7.11. The lowest BCUT2D eigenvalue weighted by Crippen LogP contribution is -2.27. The third-order valence-corrected chi connectivity index (χ3v) is 5.22. The lowest BCUT2D eigenvalue weighted by atomic mass is 10.1. The average Bonchev–Trinajstić information content (AvgIpc) is 2.41. The van der Waals surface area contributed by atoms with E-state index in [1.807, 2.05) is 0 Å². The van der Waals surface area contributed by atoms with Crippen LogP contribution in [-0.4, -0.2) is 8.42 Å². The van der Waals surface area contributed by atoms with Crippen LogP contribution in [0.15, 0.2) is 47.4 Å². The van der Waals surface area contributed by atoms with Crippen molar-refractivity contribution in [2.75, 3.05) is 5.73 Å². The molecule has 2 rings (SSSR count). The van der Waals surface area contributed by atoms with E-state index in [1.54, 1.807) is 37.3 Å². The van der Waals surface area contributed by atoms with Gasteiger partial charge in [0.15, 0.2) is 0 Å². The number of rotatable bonds is 4. The minimum Gasteiger partial charge on any atom is -0.399 e. The van der Waals surface area contributed by atoms with Crippen LogP contribution in [0, 0.1) is 0 Å². The molecule has 2 aromatic carbocycles. The highest BCUT2D eigenvalue weighted by Gasteiger charge is 2.21. The molecule has 21 heavy (non-hydrogen) atoms. The number of hydrogen-bond donors (Lipinski definition) is 2. The average molecular weight is 345 g/mol. The van der Waals surface area contributed by atoms with Crippen LogP contribution in [0.2, 0.25) is 10.0 Å². The molecule has 0 radical (unpaired) electrons. The maximum Gasteiger partial charge on any atom is 0.242 e. The molecule has 0 aliphatic carbocycles. The van der Waals surface area contributed by atoms with Gasteiger partial charge in [-0.15, -0.1) is 0 Å². The van der Waals surface area contributed by atoms with Crippen molar-refractivity contribution in [2.45, 2.75) is 17.9 Å². The molecule has 0 saturated carbocycles. The molecule has 3 N–H and O–H groups in total. The Kier molecular flexibility index (Phi) is 4.78. The van der Waals surface area contributed by atoms with Gasteiger partial charge < -0.3 is 5.73 Å². The third kappa shape index (κ3) is 3.89. The fourth-order valence-electron chi connectivity index (χ4n) is 1.84. The Bertz CT molecular complexity index is 746. The van der Waals surface area contributed by atoms with Crippen molar-refractivity contribution in [1.82, 2.24) is 4.72 Å². The summed E-state index contributed by atoms with van der Waals surface area (Å²) in [5, 5.41) is 0.715. The zero-order valence-corrected chi connectivity index (χ0v) is 13.5. The Hall–Kier alpha value is -1.27. The van der Waals surface area contributed by atoms with Crippen LogP contribution in [0.5, 0.6) is 0 Å². The second-order valence-electron chi connectivity index (χ2n) is 4.58. The predicted molar refractivity (Wildman–Crippen MR) is 86.1 cm³/mol. The van der Waals surface area contributed by atoms with Gasteiger partial charge in [-0.25, -0.2) is 13.1 Å². The fourth-order valence-corrected chi connectivity index (χ4v) is 3.73. The summed E-state index contributed by atoms with van der Waals surface area (Å²) < 4.78 is 27.3. The van der Waals surface area contributed by atoms with E-state index < -0.39 is 16.1 Å². The maximum absolute atomic E-state index is 12.4. The van der Waals surface area contributed by atoms with Gasteiger partial charge in [0.05, 0.1) is 5.02 Å². The summed E-state index contributed by atoms with van der Waals surface area (Å²) >= 11 is 11.8. The van der Waals surface area contributed by atoms with Gasteiger partial charge in [-0.05, 0) is 42.8 Å². The van der Waals surface area contributed by atoms with Gasteiger partial charge >= 0.3 is 0 Å². The molecule has 0 aliphatic heterocycles. The molecular formula is C14H14Cl2N2O2S. The molecule has 112 valence electrons. The molecule has 0 bridgehead atoms. The number of halogens is 2. The van der Waals surface area contributed by atoms with Crippen molar-refractivity contribution in [2.24, 2.45) is 0 Å². The van der Waals surface area contributed by atoms with Gasteiger partial charge in [-0.2, -0.15) is 0 Å². The number of nitrogens with two attached hydrogens (primary N) is 1. The molecule has 4 nitrogen and oxygen atoms in total. The van der Waals surface area contributed by atoms with Crippen LogP contribution in [0.1, 0.15) is 18.5 Å². The minimum atomic E-state index is -3.77. The fraction of sp³-hybridized carbons (Fsp3) is 0.143. The van der Waals surface area contributed by atoms with E-state index in [-0.39, 0.29) is 9.92 Å². The molecule has 0 spiro atoms. The largest absolute Gasteiger partial charge is 0.399 e. The number of nitrogens with one attached hydrogen (secondary N) is 1. The summed E-state index contributed by atoms with van der Waals surface area (Å²) in [5.74, 6) is 0. The first-order valence-electron chi connectivity index (χ1n) is 6.12. The summed E-state index contributed by atoms with van der Waals surface area (Å²) in [5.41, 5.74) is 6.74. The first-order chi connectivity index (χ1) is 9.79. The standard InChI is InChI=1S/C14H14Cl2N2O2S/c1-9(10-2-4-11(15)5-3-10)18-21(19,20)14-8-12(17)6-7-13(14)16/h2-9,18H,17H2,1H3. The zero-order chi connectivity index (χ0) is 15.6. The number of nitrogen functional groups attached to an aromatic ring is 1. The van der Waals surface area contributed by atoms with E-state index in [2.05, 4.69) is 4.72 Å². The van der Waals surface area contributed by atoms with Crippen molar-refractivity contribution >= 4 is 38.9 Å². The molecule has 0 fully saturated rings. The smallest absolute Gasteiger partial charge is 0.242 e. The summed E-state index contributed by atoms with van der Waals surface area (Å²) in [6.45, 7) is 1.74. The van der Waals surface area contributed by atoms with Crippen LogP contribution >= 0.6 is 23.2 Å². The first kappa shape index (κ1) is 16.1. The van der Waals surface area contributed by atoms with Gasteiger partial charge in [0, 0.05) is 16.8 Å². The monoisotopic (exact) mass is 344 g/mol. The summed E-state index contributed by atoms with van der Waals surface area (Å²) in [6, 6.07) is 10.8. The molecule has 0 aliphatic rings.